The van der Waals surface area contributed by atoms with Crippen molar-refractivity contribution < 1.29 is 19.4 Å². The highest BCUT2D eigenvalue weighted by molar-refractivity contribution is 6.35. The van der Waals surface area contributed by atoms with Crippen molar-refractivity contribution in [1.82, 2.24) is 9.99 Å². The predicted octanol–water partition coefficient (Wildman–Crippen LogP) is 5.28. The predicted molar refractivity (Wildman–Crippen MR) is 125 cm³/mol. The standard InChI is InChI=1S/C22H18Cl3N3O4/c1-12-7-14(13(2)28(12)16-4-5-17(22(30)31)18(24)9-16)10-26-27-21(29)11-32-20-6-3-15(23)8-19(20)25/h3-10H,11H2,1-2H3,(H,27,29)(H,30,31)/b26-10+. The number of aromatic nitrogens is 1. The first kappa shape index (κ1) is 23.7. The van der Waals surface area contributed by atoms with Gasteiger partial charge in [-0.2, -0.15) is 5.10 Å². The summed E-state index contributed by atoms with van der Waals surface area (Å²) >= 11 is 17.9. The van der Waals surface area contributed by atoms with Crippen LogP contribution in [0, 0.1) is 13.8 Å². The number of hydrogen-bond acceptors (Lipinski definition) is 4. The van der Waals surface area contributed by atoms with Gasteiger partial charge in [0.2, 0.25) is 0 Å². The highest BCUT2D eigenvalue weighted by atomic mass is 35.5. The Bertz CT molecular complexity index is 1220. The molecular formula is C22H18Cl3N3O4. The number of carbonyl (C=O) groups is 2. The van der Waals surface area contributed by atoms with E-state index < -0.39 is 11.9 Å². The van der Waals surface area contributed by atoms with E-state index >= 15 is 0 Å². The van der Waals surface area contributed by atoms with Crippen molar-refractivity contribution in [2.24, 2.45) is 5.10 Å². The number of carbonyl (C=O) groups excluding carboxylic acids is 1. The Balaban J connectivity index is 1.67. The Labute approximate surface area is 199 Å². The van der Waals surface area contributed by atoms with Gasteiger partial charge in [0.15, 0.2) is 6.61 Å². The highest BCUT2D eigenvalue weighted by Gasteiger charge is 2.14. The fraction of sp³-hybridized carbons (Fsp3) is 0.136. The molecule has 3 aromatic rings. The lowest BCUT2D eigenvalue weighted by molar-refractivity contribution is -0.123. The number of amides is 1. The molecule has 1 amide bonds. The van der Waals surface area contributed by atoms with Gasteiger partial charge in [0.1, 0.15) is 5.75 Å². The van der Waals surface area contributed by atoms with Gasteiger partial charge in [-0.15, -0.1) is 0 Å². The largest absolute Gasteiger partial charge is 0.482 e. The number of rotatable bonds is 7. The number of benzene rings is 2. The molecule has 0 aliphatic carbocycles. The average molecular weight is 495 g/mol. The van der Waals surface area contributed by atoms with Crippen LogP contribution in [0.3, 0.4) is 0 Å². The van der Waals surface area contributed by atoms with Crippen molar-refractivity contribution >= 4 is 52.9 Å². The van der Waals surface area contributed by atoms with Crippen LogP contribution < -0.4 is 10.2 Å². The molecule has 10 heteroatoms. The van der Waals surface area contributed by atoms with E-state index in [1.165, 1.54) is 18.3 Å². The first-order valence-corrected chi connectivity index (χ1v) is 10.4. The van der Waals surface area contributed by atoms with Crippen LogP contribution in [0.4, 0.5) is 0 Å². The smallest absolute Gasteiger partial charge is 0.337 e. The fourth-order valence-electron chi connectivity index (χ4n) is 3.07. The van der Waals surface area contributed by atoms with Crippen LogP contribution in [0.15, 0.2) is 47.6 Å². The van der Waals surface area contributed by atoms with Gasteiger partial charge in [-0.1, -0.05) is 34.8 Å². The molecule has 0 radical (unpaired) electrons. The van der Waals surface area contributed by atoms with E-state index in [1.54, 1.807) is 24.3 Å². The first-order chi connectivity index (χ1) is 15.2. The maximum absolute atomic E-state index is 12.0. The number of ether oxygens (including phenoxy) is 1. The average Bonchev–Trinajstić information content (AvgIpc) is 3.00. The molecule has 0 unspecified atom stereocenters. The molecule has 1 aromatic heterocycles. The lowest BCUT2D eigenvalue weighted by Crippen LogP contribution is -2.24. The van der Waals surface area contributed by atoms with Crippen LogP contribution in [0.5, 0.6) is 5.75 Å². The lowest BCUT2D eigenvalue weighted by atomic mass is 10.2. The zero-order chi connectivity index (χ0) is 23.4. The van der Waals surface area contributed by atoms with Crippen molar-refractivity contribution in [2.75, 3.05) is 6.61 Å². The van der Waals surface area contributed by atoms with E-state index in [4.69, 9.17) is 44.6 Å². The van der Waals surface area contributed by atoms with E-state index in [1.807, 2.05) is 24.5 Å². The van der Waals surface area contributed by atoms with Crippen LogP contribution in [-0.4, -0.2) is 34.4 Å². The monoisotopic (exact) mass is 493 g/mol. The van der Waals surface area contributed by atoms with Gasteiger partial charge in [-0.3, -0.25) is 4.79 Å². The number of hydrogen-bond donors (Lipinski definition) is 2. The summed E-state index contributed by atoms with van der Waals surface area (Å²) in [6.07, 6.45) is 1.51. The molecule has 3 rings (SSSR count). The minimum absolute atomic E-state index is 0.0319. The number of hydrazone groups is 1. The summed E-state index contributed by atoms with van der Waals surface area (Å²) < 4.78 is 7.27. The van der Waals surface area contributed by atoms with Crippen molar-refractivity contribution in [2.45, 2.75) is 13.8 Å². The second-order valence-electron chi connectivity index (χ2n) is 6.79. The van der Waals surface area contributed by atoms with Crippen molar-refractivity contribution in [3.8, 4) is 11.4 Å². The zero-order valence-electron chi connectivity index (χ0n) is 17.0. The van der Waals surface area contributed by atoms with Gasteiger partial charge in [-0.05, 0) is 56.3 Å². The Hall–Kier alpha value is -3.00. The van der Waals surface area contributed by atoms with Gasteiger partial charge in [0.05, 0.1) is 21.8 Å². The van der Waals surface area contributed by atoms with E-state index in [0.717, 1.165) is 17.0 Å². The Kier molecular flexibility index (Phi) is 7.45. The Morgan fingerprint density at radius 1 is 1.09 bits per heavy atom. The maximum atomic E-state index is 12.0. The molecule has 7 nitrogen and oxygen atoms in total. The van der Waals surface area contributed by atoms with Crippen LogP contribution in [0.25, 0.3) is 5.69 Å². The molecule has 0 aliphatic rings. The molecule has 0 aliphatic heterocycles. The van der Waals surface area contributed by atoms with E-state index in [2.05, 4.69) is 10.5 Å². The summed E-state index contributed by atoms with van der Waals surface area (Å²) in [7, 11) is 0. The summed E-state index contributed by atoms with van der Waals surface area (Å²) in [6.45, 7) is 3.50. The van der Waals surface area contributed by atoms with Crippen LogP contribution in [0.2, 0.25) is 15.1 Å². The second-order valence-corrected chi connectivity index (χ2v) is 8.04. The van der Waals surface area contributed by atoms with Gasteiger partial charge in [0.25, 0.3) is 5.91 Å². The number of halogens is 3. The molecule has 32 heavy (non-hydrogen) atoms. The van der Waals surface area contributed by atoms with Crippen LogP contribution in [0.1, 0.15) is 27.3 Å². The maximum Gasteiger partial charge on any atom is 0.337 e. The summed E-state index contributed by atoms with van der Waals surface area (Å²) in [4.78, 5) is 23.2. The topological polar surface area (TPSA) is 92.9 Å². The molecule has 0 saturated carbocycles. The molecule has 166 valence electrons. The molecule has 1 heterocycles. The third kappa shape index (κ3) is 5.43. The first-order valence-electron chi connectivity index (χ1n) is 9.29. The number of carboxylic acid groups (broad SMARTS) is 1. The van der Waals surface area contributed by atoms with Gasteiger partial charge in [0, 0.05) is 27.7 Å². The molecule has 0 spiro atoms. The van der Waals surface area contributed by atoms with E-state index in [-0.39, 0.29) is 17.2 Å². The number of carboxylic acids is 1. The zero-order valence-corrected chi connectivity index (χ0v) is 19.3. The minimum atomic E-state index is -1.09. The summed E-state index contributed by atoms with van der Waals surface area (Å²) in [5.41, 5.74) is 5.63. The third-order valence-electron chi connectivity index (χ3n) is 4.56. The lowest BCUT2D eigenvalue weighted by Gasteiger charge is -2.11. The molecule has 0 bridgehead atoms. The Morgan fingerprint density at radius 3 is 2.50 bits per heavy atom. The number of nitrogens with zero attached hydrogens (tertiary/aromatic N) is 2. The van der Waals surface area contributed by atoms with Crippen molar-refractivity contribution in [3.05, 3.63) is 80.0 Å². The molecule has 0 fully saturated rings. The normalized spacial score (nSPS) is 11.0. The highest BCUT2D eigenvalue weighted by Crippen LogP contribution is 2.27. The SMILES string of the molecule is Cc1cc(/C=N/NC(=O)COc2ccc(Cl)cc2Cl)c(C)n1-c1ccc(C(=O)O)c(Cl)c1. The molecule has 2 aromatic carbocycles. The number of aryl methyl sites for hydroxylation is 1. The van der Waals surface area contributed by atoms with Gasteiger partial charge >= 0.3 is 5.97 Å². The molecular weight excluding hydrogens is 477 g/mol. The van der Waals surface area contributed by atoms with Gasteiger partial charge in [-0.25, -0.2) is 10.2 Å². The van der Waals surface area contributed by atoms with E-state index in [0.29, 0.717) is 21.5 Å². The van der Waals surface area contributed by atoms with Gasteiger partial charge < -0.3 is 14.4 Å². The van der Waals surface area contributed by atoms with Crippen molar-refractivity contribution in [1.29, 1.82) is 0 Å². The molecule has 0 saturated heterocycles. The molecule has 0 atom stereocenters. The number of aromatic carboxylic acids is 1. The summed E-state index contributed by atoms with van der Waals surface area (Å²) in [5, 5.41) is 14.0. The number of nitrogens with one attached hydrogen (secondary N) is 1. The van der Waals surface area contributed by atoms with E-state index in [9.17, 15) is 9.59 Å². The molecule has 2 N–H and O–H groups in total. The van der Waals surface area contributed by atoms with Crippen LogP contribution in [-0.2, 0) is 4.79 Å². The quantitative estimate of drug-likeness (QED) is 0.345. The minimum Gasteiger partial charge on any atom is -0.482 e. The Morgan fingerprint density at radius 2 is 1.84 bits per heavy atom. The fourth-order valence-corrected chi connectivity index (χ4v) is 3.79. The second kappa shape index (κ2) is 10.1. The van der Waals surface area contributed by atoms with Crippen LogP contribution >= 0.6 is 34.8 Å². The van der Waals surface area contributed by atoms with Crippen molar-refractivity contribution in [3.63, 3.8) is 0 Å². The third-order valence-corrected chi connectivity index (χ3v) is 5.40. The summed E-state index contributed by atoms with van der Waals surface area (Å²) in [5.74, 6) is -1.21. The summed E-state index contributed by atoms with van der Waals surface area (Å²) in [6, 6.07) is 11.3.